The molecule has 0 bridgehead atoms. The number of carboxylic acids is 2. The number of esters is 2. The predicted molar refractivity (Wildman–Crippen MR) is 157 cm³/mol. The van der Waals surface area contributed by atoms with Crippen LogP contribution in [0.5, 0.6) is 0 Å². The van der Waals surface area contributed by atoms with Crippen LogP contribution in [-0.4, -0.2) is 117 Å². The molecule has 0 radical (unpaired) electrons. The number of unbranched alkanes of at least 4 members (excludes halogenated alkanes) is 2. The zero-order chi connectivity index (χ0) is 34.1. The van der Waals surface area contributed by atoms with Gasteiger partial charge in [-0.15, -0.1) is 0 Å². The van der Waals surface area contributed by atoms with Crippen molar-refractivity contribution < 1.29 is 94.4 Å². The van der Waals surface area contributed by atoms with Gasteiger partial charge in [0.05, 0.1) is 36.5 Å². The Balaban J connectivity index is -0.000000874. The molecule has 0 spiro atoms. The fourth-order valence-corrected chi connectivity index (χ4v) is 4.99. The molecule has 1 rings (SSSR count). The normalized spacial score (nSPS) is 12.9. The monoisotopic (exact) mass is 826 g/mol. The number of carbonyl (C=O) groups is 4. The van der Waals surface area contributed by atoms with Gasteiger partial charge >= 0.3 is 90.4 Å². The number of rotatable bonds is 19. The van der Waals surface area contributed by atoms with Crippen LogP contribution in [0.3, 0.4) is 0 Å². The number of carboxylic acid groups (broad SMARTS) is 2. The zero-order valence-electron chi connectivity index (χ0n) is 27.0. The zero-order valence-corrected chi connectivity index (χ0v) is 35.1. The molecule has 0 amide bonds. The van der Waals surface area contributed by atoms with Gasteiger partial charge in [-0.25, -0.2) is 8.42 Å². The van der Waals surface area contributed by atoms with Crippen LogP contribution in [0.4, 0.5) is 0 Å². The van der Waals surface area contributed by atoms with Gasteiger partial charge in [-0.05, 0) is 54.0 Å². The van der Waals surface area contributed by atoms with Crippen molar-refractivity contribution in [2.24, 2.45) is 11.8 Å². The number of hydrogen-bond donors (Lipinski definition) is 1. The van der Waals surface area contributed by atoms with E-state index in [4.69, 9.17) is 14.0 Å². The minimum Gasteiger partial charge on any atom is -0.747 e. The first kappa shape index (κ1) is 49.9. The van der Waals surface area contributed by atoms with Crippen LogP contribution in [0.2, 0.25) is 0 Å². The summed E-state index contributed by atoms with van der Waals surface area (Å²) in [6.45, 7) is 8.26. The Hall–Kier alpha value is -0.509. The Morgan fingerprint density at radius 1 is 0.783 bits per heavy atom. The number of benzene rings is 1. The topological polar surface area (TPSA) is 244 Å². The molecule has 3 atom stereocenters. The first-order chi connectivity index (χ1) is 20.4. The SMILES string of the molecule is CCCCC(CC)COC(=O)CC(C(=O)OCC(CC)CCCC)S(=O)(=O)[O-].O=C([O-])c1cc(C(=O)[O-])cc(S(=O)(=O)O)c1.[Ba+2].[Na+]. The van der Waals surface area contributed by atoms with Crippen LogP contribution in [0.15, 0.2) is 23.1 Å². The van der Waals surface area contributed by atoms with Gasteiger partial charge < -0.3 is 33.8 Å². The predicted octanol–water partition coefficient (Wildman–Crippen LogP) is -1.91. The van der Waals surface area contributed by atoms with Gasteiger partial charge in [-0.2, -0.15) is 8.42 Å². The third-order valence-corrected chi connectivity index (χ3v) is 8.55. The maximum Gasteiger partial charge on any atom is 2.00 e. The Kier molecular flexibility index (Phi) is 27.6. The van der Waals surface area contributed by atoms with E-state index in [2.05, 4.69) is 13.8 Å². The van der Waals surface area contributed by atoms with Crippen LogP contribution < -0.4 is 39.8 Å². The fourth-order valence-electron chi connectivity index (χ4n) is 3.80. The van der Waals surface area contributed by atoms with Crippen molar-refractivity contribution in [3.05, 3.63) is 29.3 Å². The third kappa shape index (κ3) is 20.8. The van der Waals surface area contributed by atoms with Gasteiger partial charge in [0.1, 0.15) is 10.1 Å². The molecule has 0 fully saturated rings. The van der Waals surface area contributed by atoms with Gasteiger partial charge in [-0.1, -0.05) is 66.2 Å². The number of carbonyl (C=O) groups excluding carboxylic acids is 4. The van der Waals surface area contributed by atoms with Crippen molar-refractivity contribution in [3.63, 3.8) is 0 Å². The van der Waals surface area contributed by atoms with E-state index >= 15 is 0 Å². The summed E-state index contributed by atoms with van der Waals surface area (Å²) in [5.41, 5.74) is -1.37. The summed E-state index contributed by atoms with van der Waals surface area (Å²) < 4.78 is 74.6. The molecule has 0 aromatic heterocycles. The first-order valence-corrected chi connectivity index (χ1v) is 17.1. The molecule has 0 heterocycles. The first-order valence-electron chi connectivity index (χ1n) is 14.2. The number of hydrogen-bond acceptors (Lipinski definition) is 13. The van der Waals surface area contributed by atoms with E-state index in [1.165, 1.54) is 0 Å². The van der Waals surface area contributed by atoms with E-state index in [1.54, 1.807) is 0 Å². The van der Waals surface area contributed by atoms with Gasteiger partial charge in [-0.3, -0.25) is 14.1 Å². The minimum absolute atomic E-state index is 0. The Labute approximate surface area is 333 Å². The molecular weight excluding hydrogens is 785 g/mol. The molecule has 252 valence electrons. The fraction of sp³-hybridized carbons (Fsp3) is 0.643. The molecule has 46 heavy (non-hydrogen) atoms. The molecule has 14 nitrogen and oxygen atoms in total. The Morgan fingerprint density at radius 2 is 1.20 bits per heavy atom. The van der Waals surface area contributed by atoms with E-state index in [0.717, 1.165) is 51.4 Å². The van der Waals surface area contributed by atoms with Gasteiger partial charge in [0.25, 0.3) is 10.1 Å². The average Bonchev–Trinajstić information content (AvgIpc) is 2.94. The molecule has 1 aromatic rings. The summed E-state index contributed by atoms with van der Waals surface area (Å²) in [6.07, 6.45) is 6.58. The largest absolute Gasteiger partial charge is 2.00 e. The second-order valence-electron chi connectivity index (χ2n) is 10.1. The molecule has 0 aliphatic rings. The molecular formula is C28H41BaNaO14S2. The standard InChI is InChI=1S/C20H38O7S.C8H6O7S.Ba.Na/c1-5-9-11-16(7-3)14-26-19(21)13-18(28(23,24)25)20(22)27-15-17(8-4)12-10-6-2;9-7(10)4-1-5(8(11)12)3-6(2-4)16(13,14)15;;/h16-18H,5-15H2,1-4H3,(H,23,24,25);1-3H,(H,9,10)(H,11,12)(H,13,14,15);;/q;;+2;+1/p-3. The number of ether oxygens (including phenoxy) is 2. The molecule has 18 heteroatoms. The molecule has 0 saturated heterocycles. The van der Waals surface area contributed by atoms with Crippen LogP contribution in [0.25, 0.3) is 0 Å². The summed E-state index contributed by atoms with van der Waals surface area (Å²) in [5.74, 6) is -5.29. The second-order valence-corrected chi connectivity index (χ2v) is 13.1. The van der Waals surface area contributed by atoms with Crippen LogP contribution in [0.1, 0.15) is 106 Å². The van der Waals surface area contributed by atoms with E-state index in [0.29, 0.717) is 18.2 Å². The Bertz CT molecular complexity index is 1290. The summed E-state index contributed by atoms with van der Waals surface area (Å²) in [4.78, 5) is 44.2. The van der Waals surface area contributed by atoms with Crippen molar-refractivity contribution in [2.75, 3.05) is 13.2 Å². The summed E-state index contributed by atoms with van der Waals surface area (Å²) in [6, 6.07) is 1.83. The van der Waals surface area contributed by atoms with Crippen molar-refractivity contribution in [1.29, 1.82) is 0 Å². The van der Waals surface area contributed by atoms with Gasteiger partial charge in [0.2, 0.25) is 0 Å². The summed E-state index contributed by atoms with van der Waals surface area (Å²) >= 11 is 0. The third-order valence-electron chi connectivity index (χ3n) is 6.67. The van der Waals surface area contributed by atoms with Gasteiger partial charge in [0, 0.05) is 0 Å². The van der Waals surface area contributed by atoms with E-state index in [9.17, 15) is 50.8 Å². The van der Waals surface area contributed by atoms with E-state index < -0.39 is 71.8 Å². The Morgan fingerprint density at radius 3 is 1.52 bits per heavy atom. The average molecular weight is 826 g/mol. The second kappa shape index (κ2) is 25.5. The van der Waals surface area contributed by atoms with Crippen molar-refractivity contribution in [1.82, 2.24) is 0 Å². The molecule has 0 aliphatic heterocycles. The van der Waals surface area contributed by atoms with Crippen LogP contribution in [0, 0.1) is 11.8 Å². The summed E-state index contributed by atoms with van der Waals surface area (Å²) in [7, 11) is -9.71. The van der Waals surface area contributed by atoms with Crippen molar-refractivity contribution in [3.8, 4) is 0 Å². The van der Waals surface area contributed by atoms with Gasteiger partial charge in [0.15, 0.2) is 5.25 Å². The van der Waals surface area contributed by atoms with Crippen molar-refractivity contribution in [2.45, 2.75) is 95.6 Å². The molecule has 0 saturated carbocycles. The molecule has 1 aromatic carbocycles. The minimum atomic E-state index is -5.01. The van der Waals surface area contributed by atoms with Crippen LogP contribution >= 0.6 is 0 Å². The van der Waals surface area contributed by atoms with E-state index in [1.807, 2.05) is 13.8 Å². The number of aromatic carboxylic acids is 2. The smallest absolute Gasteiger partial charge is 0.747 e. The molecule has 0 aliphatic carbocycles. The quantitative estimate of drug-likeness (QED) is 0.0910. The van der Waals surface area contributed by atoms with Crippen LogP contribution in [-0.2, 0) is 39.3 Å². The molecule has 3 unspecified atom stereocenters. The maximum absolute atomic E-state index is 12.1. The molecule has 1 N–H and O–H groups in total. The van der Waals surface area contributed by atoms with Crippen molar-refractivity contribution >= 4 is 93.0 Å². The van der Waals surface area contributed by atoms with E-state index in [-0.39, 0.29) is 103 Å². The summed E-state index contributed by atoms with van der Waals surface area (Å²) in [5, 5.41) is 18.9. The maximum atomic E-state index is 12.1.